The van der Waals surface area contributed by atoms with E-state index in [2.05, 4.69) is 35.6 Å². The van der Waals surface area contributed by atoms with Crippen molar-refractivity contribution >= 4 is 11.8 Å². The maximum atomic E-state index is 11.4. The lowest BCUT2D eigenvalue weighted by atomic mass is 10.0. The summed E-state index contributed by atoms with van der Waals surface area (Å²) in [4.78, 5) is 22.4. The summed E-state index contributed by atoms with van der Waals surface area (Å²) >= 11 is 0. The van der Waals surface area contributed by atoms with E-state index >= 15 is 0 Å². The summed E-state index contributed by atoms with van der Waals surface area (Å²) in [5.74, 6) is -0.457. The number of rotatable bonds is 13. The molecular weight excluding hydrogens is 310 g/mol. The number of unbranched alkanes of at least 4 members (excludes halogenated alkanes) is 9. The van der Waals surface area contributed by atoms with Crippen LogP contribution in [0.4, 0.5) is 0 Å². The predicted octanol–water partition coefficient (Wildman–Crippen LogP) is 5.10. The number of carbonyl (C=O) groups excluding carboxylic acids is 2. The maximum absolute atomic E-state index is 11.4. The molecule has 1 N–H and O–H groups in total. The summed E-state index contributed by atoms with van der Waals surface area (Å²) in [5.41, 5.74) is 2.11. The van der Waals surface area contributed by atoms with Gasteiger partial charge in [0.25, 0.3) is 11.8 Å². The summed E-state index contributed by atoms with van der Waals surface area (Å²) in [6.07, 6.45) is 16.1. The molecule has 0 spiro atoms. The smallest absolute Gasteiger partial charge is 0.254 e. The van der Waals surface area contributed by atoms with E-state index in [1.807, 2.05) is 0 Å². The molecular formula is C22H31NO2. The highest BCUT2D eigenvalue weighted by Gasteiger charge is 2.19. The Hall–Kier alpha value is -1.90. The predicted molar refractivity (Wildman–Crippen MR) is 102 cm³/mol. The second kappa shape index (κ2) is 11.6. The molecule has 3 nitrogen and oxygen atoms in total. The van der Waals surface area contributed by atoms with E-state index in [1.165, 1.54) is 69.4 Å². The number of nitrogens with one attached hydrogen (secondary N) is 1. The van der Waals surface area contributed by atoms with Crippen LogP contribution >= 0.6 is 0 Å². The summed E-state index contributed by atoms with van der Waals surface area (Å²) in [5, 5.41) is 2.30. The molecule has 136 valence electrons. The van der Waals surface area contributed by atoms with Gasteiger partial charge in [-0.3, -0.25) is 14.9 Å². The van der Waals surface area contributed by atoms with Crippen LogP contribution in [-0.4, -0.2) is 11.8 Å². The third kappa shape index (κ3) is 8.15. The second-order valence-corrected chi connectivity index (χ2v) is 7.01. The van der Waals surface area contributed by atoms with Crippen LogP contribution in [0.5, 0.6) is 0 Å². The molecule has 0 fully saturated rings. The summed E-state index contributed by atoms with van der Waals surface area (Å²) in [6, 6.07) is 10.7. The van der Waals surface area contributed by atoms with Crippen molar-refractivity contribution in [1.29, 1.82) is 0 Å². The standard InChI is InChI=1S/C22H31NO2/c24-21-18-20(22(25)23-21)17-13-8-6-4-2-1-3-5-7-10-14-19-15-11-9-12-16-19/h9,11-12,15-16,18H,1-8,10,13-14,17H2,(H,23,24,25). The lowest BCUT2D eigenvalue weighted by molar-refractivity contribution is -0.123. The van der Waals surface area contributed by atoms with Gasteiger partial charge in [0.1, 0.15) is 0 Å². The van der Waals surface area contributed by atoms with Crippen LogP contribution in [0.15, 0.2) is 42.0 Å². The second-order valence-electron chi connectivity index (χ2n) is 7.01. The number of benzene rings is 1. The van der Waals surface area contributed by atoms with Gasteiger partial charge in [-0.25, -0.2) is 0 Å². The first-order chi connectivity index (χ1) is 12.3. The van der Waals surface area contributed by atoms with Gasteiger partial charge in [-0.2, -0.15) is 0 Å². The van der Waals surface area contributed by atoms with Crippen molar-refractivity contribution in [1.82, 2.24) is 5.32 Å². The topological polar surface area (TPSA) is 46.2 Å². The summed E-state index contributed by atoms with van der Waals surface area (Å²) < 4.78 is 0. The third-order valence-corrected chi connectivity index (χ3v) is 4.84. The number of imide groups is 1. The molecule has 0 bridgehead atoms. The molecule has 1 aliphatic heterocycles. The molecule has 2 rings (SSSR count). The van der Waals surface area contributed by atoms with Gasteiger partial charge in [0, 0.05) is 11.6 Å². The number of aryl methyl sites for hydroxylation is 1. The van der Waals surface area contributed by atoms with Crippen molar-refractivity contribution in [2.75, 3.05) is 0 Å². The number of hydrogen-bond donors (Lipinski definition) is 1. The molecule has 0 radical (unpaired) electrons. The molecule has 1 aromatic carbocycles. The molecule has 0 saturated carbocycles. The van der Waals surface area contributed by atoms with Gasteiger partial charge in [0.15, 0.2) is 0 Å². The van der Waals surface area contributed by atoms with Crippen LogP contribution in [-0.2, 0) is 16.0 Å². The van der Waals surface area contributed by atoms with Crippen molar-refractivity contribution < 1.29 is 9.59 Å². The van der Waals surface area contributed by atoms with Gasteiger partial charge in [-0.05, 0) is 31.2 Å². The number of carbonyl (C=O) groups is 2. The van der Waals surface area contributed by atoms with Gasteiger partial charge in [-0.15, -0.1) is 0 Å². The van der Waals surface area contributed by atoms with Crippen LogP contribution in [0, 0.1) is 0 Å². The van der Waals surface area contributed by atoms with Gasteiger partial charge in [0.2, 0.25) is 0 Å². The number of hydrogen-bond acceptors (Lipinski definition) is 2. The zero-order valence-electron chi connectivity index (χ0n) is 15.3. The Balaban J connectivity index is 1.34. The minimum Gasteiger partial charge on any atom is -0.289 e. The molecule has 1 aliphatic rings. The Labute approximate surface area is 151 Å². The number of amides is 2. The lowest BCUT2D eigenvalue weighted by Crippen LogP contribution is -2.22. The van der Waals surface area contributed by atoms with Gasteiger partial charge in [-0.1, -0.05) is 81.7 Å². The Bertz CT molecular complexity index is 563. The molecule has 1 aromatic rings. The first kappa shape index (κ1) is 19.4. The van der Waals surface area contributed by atoms with E-state index in [4.69, 9.17) is 0 Å². The molecule has 1 heterocycles. The molecule has 0 saturated heterocycles. The minimum atomic E-state index is -0.260. The molecule has 0 atom stereocenters. The fourth-order valence-corrected chi connectivity index (χ4v) is 3.34. The van der Waals surface area contributed by atoms with Crippen molar-refractivity contribution in [2.24, 2.45) is 0 Å². The molecule has 0 aliphatic carbocycles. The highest BCUT2D eigenvalue weighted by atomic mass is 16.2. The Morgan fingerprint density at radius 3 is 1.68 bits per heavy atom. The molecule has 0 aromatic heterocycles. The first-order valence-corrected chi connectivity index (χ1v) is 9.85. The normalized spacial score (nSPS) is 13.8. The van der Waals surface area contributed by atoms with Gasteiger partial charge >= 0.3 is 0 Å². The van der Waals surface area contributed by atoms with E-state index in [0.717, 1.165) is 19.3 Å². The van der Waals surface area contributed by atoms with Gasteiger partial charge < -0.3 is 0 Å². The van der Waals surface area contributed by atoms with Crippen molar-refractivity contribution in [2.45, 2.75) is 77.0 Å². The zero-order valence-corrected chi connectivity index (χ0v) is 15.3. The van der Waals surface area contributed by atoms with Crippen molar-refractivity contribution in [3.05, 3.63) is 47.5 Å². The SMILES string of the molecule is O=C1C=C(CCCCCCCCCCCCc2ccccc2)C(=O)N1. The molecule has 3 heteroatoms. The van der Waals surface area contributed by atoms with E-state index in [-0.39, 0.29) is 11.8 Å². The fraction of sp³-hybridized carbons (Fsp3) is 0.545. The monoisotopic (exact) mass is 341 g/mol. The maximum Gasteiger partial charge on any atom is 0.254 e. The first-order valence-electron chi connectivity index (χ1n) is 9.85. The minimum absolute atomic E-state index is 0.197. The Morgan fingerprint density at radius 1 is 0.640 bits per heavy atom. The fourth-order valence-electron chi connectivity index (χ4n) is 3.34. The largest absolute Gasteiger partial charge is 0.289 e. The van der Waals surface area contributed by atoms with E-state index in [1.54, 1.807) is 0 Å². The average molecular weight is 341 g/mol. The Morgan fingerprint density at radius 2 is 1.16 bits per heavy atom. The van der Waals surface area contributed by atoms with Gasteiger partial charge in [0.05, 0.1) is 0 Å². The van der Waals surface area contributed by atoms with Crippen LogP contribution in [0.2, 0.25) is 0 Å². The van der Waals surface area contributed by atoms with Crippen LogP contribution < -0.4 is 5.32 Å². The van der Waals surface area contributed by atoms with E-state index in [9.17, 15) is 9.59 Å². The zero-order chi connectivity index (χ0) is 17.7. The quantitative estimate of drug-likeness (QED) is 0.400. The highest BCUT2D eigenvalue weighted by molar-refractivity contribution is 6.16. The van der Waals surface area contributed by atoms with Crippen molar-refractivity contribution in [3.8, 4) is 0 Å². The molecule has 25 heavy (non-hydrogen) atoms. The van der Waals surface area contributed by atoms with Crippen LogP contribution in [0.1, 0.15) is 76.2 Å². The summed E-state index contributed by atoms with van der Waals surface area (Å²) in [7, 11) is 0. The third-order valence-electron chi connectivity index (χ3n) is 4.84. The molecule has 2 amide bonds. The lowest BCUT2D eigenvalue weighted by Gasteiger charge is -2.04. The van der Waals surface area contributed by atoms with E-state index < -0.39 is 0 Å². The van der Waals surface area contributed by atoms with E-state index in [0.29, 0.717) is 5.57 Å². The highest BCUT2D eigenvalue weighted by Crippen LogP contribution is 2.16. The Kier molecular flexibility index (Phi) is 9.03. The average Bonchev–Trinajstić information content (AvgIpc) is 2.94. The molecule has 0 unspecified atom stereocenters. The van der Waals surface area contributed by atoms with Crippen LogP contribution in [0.3, 0.4) is 0 Å². The summed E-state index contributed by atoms with van der Waals surface area (Å²) in [6.45, 7) is 0. The van der Waals surface area contributed by atoms with Crippen LogP contribution in [0.25, 0.3) is 0 Å². The van der Waals surface area contributed by atoms with Crippen molar-refractivity contribution in [3.63, 3.8) is 0 Å².